The molecule has 1 aliphatic carbocycles. The van der Waals surface area contributed by atoms with Crippen molar-refractivity contribution in [3.8, 4) is 0 Å². The standard InChI is InChI=1S/C12H18N2S/c13-10-3-1-7-14(9-5-6-9)12(10)11-4-2-8-15-11/h2,4,8-10,12H,1,3,5-7,13H2. The molecule has 1 aliphatic heterocycles. The SMILES string of the molecule is NC1CCCN(C2CC2)C1c1cccs1. The van der Waals surface area contributed by atoms with E-state index in [2.05, 4.69) is 22.4 Å². The van der Waals surface area contributed by atoms with Gasteiger partial charge < -0.3 is 5.73 Å². The second kappa shape index (κ2) is 3.89. The molecule has 0 aromatic carbocycles. The Balaban J connectivity index is 1.86. The van der Waals surface area contributed by atoms with E-state index in [9.17, 15) is 0 Å². The first-order chi connectivity index (χ1) is 7.36. The quantitative estimate of drug-likeness (QED) is 0.832. The van der Waals surface area contributed by atoms with E-state index in [4.69, 9.17) is 5.73 Å². The summed E-state index contributed by atoms with van der Waals surface area (Å²) in [5, 5.41) is 2.17. The van der Waals surface area contributed by atoms with E-state index in [1.165, 1.54) is 37.1 Å². The molecule has 3 heteroatoms. The maximum atomic E-state index is 6.29. The predicted octanol–water partition coefficient (Wildman–Crippen LogP) is 2.37. The van der Waals surface area contributed by atoms with Gasteiger partial charge in [-0.3, -0.25) is 4.90 Å². The molecule has 3 rings (SSSR count). The summed E-state index contributed by atoms with van der Waals surface area (Å²) in [5.74, 6) is 0. The number of hydrogen-bond acceptors (Lipinski definition) is 3. The highest BCUT2D eigenvalue weighted by atomic mass is 32.1. The fraction of sp³-hybridized carbons (Fsp3) is 0.667. The van der Waals surface area contributed by atoms with Gasteiger partial charge in [-0.15, -0.1) is 11.3 Å². The van der Waals surface area contributed by atoms with Gasteiger partial charge in [0.1, 0.15) is 0 Å². The van der Waals surface area contributed by atoms with Crippen molar-refractivity contribution in [3.05, 3.63) is 22.4 Å². The maximum Gasteiger partial charge on any atom is 0.0595 e. The molecule has 1 saturated heterocycles. The van der Waals surface area contributed by atoms with E-state index in [-0.39, 0.29) is 0 Å². The maximum absolute atomic E-state index is 6.29. The molecule has 0 spiro atoms. The molecular weight excluding hydrogens is 204 g/mol. The summed E-state index contributed by atoms with van der Waals surface area (Å²) in [6, 6.07) is 6.08. The van der Waals surface area contributed by atoms with Gasteiger partial charge in [-0.05, 0) is 43.7 Å². The third kappa shape index (κ3) is 1.84. The van der Waals surface area contributed by atoms with Crippen molar-refractivity contribution in [2.45, 2.75) is 43.8 Å². The van der Waals surface area contributed by atoms with Gasteiger partial charge in [-0.2, -0.15) is 0 Å². The summed E-state index contributed by atoms with van der Waals surface area (Å²) in [6.45, 7) is 1.25. The van der Waals surface area contributed by atoms with Crippen molar-refractivity contribution in [2.75, 3.05) is 6.54 Å². The highest BCUT2D eigenvalue weighted by molar-refractivity contribution is 7.10. The third-order valence-corrected chi connectivity index (χ3v) is 4.51. The zero-order valence-electron chi connectivity index (χ0n) is 8.93. The number of hydrogen-bond donors (Lipinski definition) is 1. The molecule has 0 radical (unpaired) electrons. The zero-order valence-corrected chi connectivity index (χ0v) is 9.75. The first kappa shape index (κ1) is 9.82. The monoisotopic (exact) mass is 222 g/mol. The lowest BCUT2D eigenvalue weighted by Crippen LogP contribution is -2.46. The van der Waals surface area contributed by atoms with Crippen LogP contribution in [0.2, 0.25) is 0 Å². The molecule has 0 amide bonds. The van der Waals surface area contributed by atoms with Crippen molar-refractivity contribution in [1.82, 2.24) is 4.90 Å². The van der Waals surface area contributed by atoms with Gasteiger partial charge in [-0.25, -0.2) is 0 Å². The summed E-state index contributed by atoms with van der Waals surface area (Å²) in [5.41, 5.74) is 6.29. The Morgan fingerprint density at radius 2 is 2.20 bits per heavy atom. The Labute approximate surface area is 95.1 Å². The van der Waals surface area contributed by atoms with Crippen LogP contribution in [-0.4, -0.2) is 23.5 Å². The van der Waals surface area contributed by atoms with Gasteiger partial charge in [0.2, 0.25) is 0 Å². The minimum absolute atomic E-state index is 0.345. The molecule has 0 bridgehead atoms. The van der Waals surface area contributed by atoms with E-state index in [0.717, 1.165) is 6.04 Å². The second-order valence-corrected chi connectivity index (χ2v) is 5.71. The molecule has 1 aromatic heterocycles. The van der Waals surface area contributed by atoms with Crippen molar-refractivity contribution in [1.29, 1.82) is 0 Å². The first-order valence-corrected chi connectivity index (χ1v) is 6.79. The van der Waals surface area contributed by atoms with Crippen LogP contribution < -0.4 is 5.73 Å². The van der Waals surface area contributed by atoms with E-state index in [0.29, 0.717) is 12.1 Å². The summed E-state index contributed by atoms with van der Waals surface area (Å²) in [7, 11) is 0. The summed E-state index contributed by atoms with van der Waals surface area (Å²) in [4.78, 5) is 4.12. The van der Waals surface area contributed by atoms with Crippen molar-refractivity contribution < 1.29 is 0 Å². The average molecular weight is 222 g/mol. The summed E-state index contributed by atoms with van der Waals surface area (Å²) in [6.07, 6.45) is 5.23. The Kier molecular flexibility index (Phi) is 2.54. The Hall–Kier alpha value is -0.380. The van der Waals surface area contributed by atoms with Crippen molar-refractivity contribution in [2.24, 2.45) is 5.73 Å². The number of rotatable bonds is 2. The molecule has 2 nitrogen and oxygen atoms in total. The fourth-order valence-corrected chi connectivity index (χ4v) is 3.62. The van der Waals surface area contributed by atoms with Gasteiger partial charge in [0, 0.05) is 17.0 Å². The van der Waals surface area contributed by atoms with Crippen LogP contribution in [0.4, 0.5) is 0 Å². The van der Waals surface area contributed by atoms with Crippen LogP contribution in [0.3, 0.4) is 0 Å². The van der Waals surface area contributed by atoms with Crippen LogP contribution in [-0.2, 0) is 0 Å². The van der Waals surface area contributed by atoms with Crippen LogP contribution in [0.1, 0.15) is 36.6 Å². The average Bonchev–Trinajstić information content (AvgIpc) is 2.95. The molecule has 1 saturated carbocycles. The molecule has 2 atom stereocenters. The predicted molar refractivity (Wildman–Crippen MR) is 64.0 cm³/mol. The third-order valence-electron chi connectivity index (χ3n) is 3.57. The topological polar surface area (TPSA) is 29.3 Å². The molecule has 2 aliphatic rings. The van der Waals surface area contributed by atoms with Crippen LogP contribution in [0.5, 0.6) is 0 Å². The second-order valence-electron chi connectivity index (χ2n) is 4.74. The van der Waals surface area contributed by atoms with Crippen molar-refractivity contribution in [3.63, 3.8) is 0 Å². The van der Waals surface area contributed by atoms with Gasteiger partial charge in [0.05, 0.1) is 6.04 Å². The lowest BCUT2D eigenvalue weighted by Gasteiger charge is -2.39. The van der Waals surface area contributed by atoms with E-state index in [1.54, 1.807) is 0 Å². The minimum atomic E-state index is 0.345. The Morgan fingerprint density at radius 1 is 1.33 bits per heavy atom. The highest BCUT2D eigenvalue weighted by Gasteiger charge is 2.39. The molecule has 15 heavy (non-hydrogen) atoms. The number of thiophene rings is 1. The van der Waals surface area contributed by atoms with Crippen LogP contribution in [0, 0.1) is 0 Å². The molecule has 82 valence electrons. The largest absolute Gasteiger partial charge is 0.326 e. The Bertz CT molecular complexity index is 318. The van der Waals surface area contributed by atoms with Gasteiger partial charge in [-0.1, -0.05) is 6.07 Å². The highest BCUT2D eigenvalue weighted by Crippen LogP contribution is 2.40. The van der Waals surface area contributed by atoms with Crippen LogP contribution in [0.15, 0.2) is 17.5 Å². The van der Waals surface area contributed by atoms with Gasteiger partial charge in [0.15, 0.2) is 0 Å². The molecule has 2 unspecified atom stereocenters. The van der Waals surface area contributed by atoms with E-state index < -0.39 is 0 Å². The normalized spacial score (nSPS) is 33.1. The molecular formula is C12H18N2S. The van der Waals surface area contributed by atoms with Crippen LogP contribution in [0.25, 0.3) is 0 Å². The smallest absolute Gasteiger partial charge is 0.0595 e. The zero-order chi connectivity index (χ0) is 10.3. The van der Waals surface area contributed by atoms with Crippen LogP contribution >= 0.6 is 11.3 Å². The van der Waals surface area contributed by atoms with Gasteiger partial charge in [0.25, 0.3) is 0 Å². The molecule has 2 heterocycles. The first-order valence-electron chi connectivity index (χ1n) is 5.91. The molecule has 2 fully saturated rings. The number of nitrogens with two attached hydrogens (primary N) is 1. The van der Waals surface area contributed by atoms with E-state index in [1.807, 2.05) is 11.3 Å². The summed E-state index contributed by atoms with van der Waals surface area (Å²) < 4.78 is 0. The minimum Gasteiger partial charge on any atom is -0.326 e. The number of likely N-dealkylation sites (tertiary alicyclic amines) is 1. The van der Waals surface area contributed by atoms with Crippen molar-refractivity contribution >= 4 is 11.3 Å². The lowest BCUT2D eigenvalue weighted by molar-refractivity contribution is 0.122. The molecule has 1 aromatic rings. The molecule has 2 N–H and O–H groups in total. The van der Waals surface area contributed by atoms with E-state index >= 15 is 0 Å². The Morgan fingerprint density at radius 3 is 2.87 bits per heavy atom. The fourth-order valence-electron chi connectivity index (χ4n) is 2.70. The lowest BCUT2D eigenvalue weighted by atomic mass is 9.95. The number of nitrogens with zero attached hydrogens (tertiary/aromatic N) is 1. The van der Waals surface area contributed by atoms with Gasteiger partial charge >= 0.3 is 0 Å². The summed E-state index contributed by atoms with van der Waals surface area (Å²) >= 11 is 1.86. The number of piperidine rings is 1.